The van der Waals surface area contributed by atoms with Gasteiger partial charge in [-0.25, -0.2) is 4.68 Å². The molecule has 1 heterocycles. The highest BCUT2D eigenvalue weighted by Crippen LogP contribution is 2.27. The minimum Gasteiger partial charge on any atom is -0.470 e. The maximum atomic E-state index is 11.8. The highest BCUT2D eigenvalue weighted by molar-refractivity contribution is 9.10. The Morgan fingerprint density at radius 1 is 1.48 bits per heavy atom. The van der Waals surface area contributed by atoms with Crippen molar-refractivity contribution in [3.05, 3.63) is 45.7 Å². The van der Waals surface area contributed by atoms with E-state index in [0.717, 1.165) is 4.47 Å². The molecule has 1 aromatic carbocycles. The van der Waals surface area contributed by atoms with E-state index in [1.165, 1.54) is 4.68 Å². The Kier molecular flexibility index (Phi) is 5.25. The predicted molar refractivity (Wildman–Crippen MR) is 84.6 cm³/mol. The van der Waals surface area contributed by atoms with Crippen LogP contribution in [0.2, 0.25) is 5.02 Å². The molecule has 0 saturated carbocycles. The normalized spacial score (nSPS) is 10.7. The summed E-state index contributed by atoms with van der Waals surface area (Å²) in [6.07, 6.45) is 1.68. The average molecular weight is 373 g/mol. The monoisotopic (exact) mass is 371 g/mol. The van der Waals surface area contributed by atoms with Crippen LogP contribution in [0.3, 0.4) is 0 Å². The molecule has 1 amide bonds. The van der Waals surface area contributed by atoms with Crippen molar-refractivity contribution in [2.24, 2.45) is 0 Å². The Bertz CT molecular complexity index is 643. The smallest absolute Gasteiger partial charge is 0.271 e. The van der Waals surface area contributed by atoms with E-state index in [1.54, 1.807) is 24.4 Å². The van der Waals surface area contributed by atoms with Crippen LogP contribution in [0.1, 0.15) is 24.3 Å². The molecule has 7 heteroatoms. The summed E-state index contributed by atoms with van der Waals surface area (Å²) in [5, 5.41) is 7.44. The van der Waals surface area contributed by atoms with Crippen LogP contribution in [-0.4, -0.2) is 21.7 Å². The van der Waals surface area contributed by atoms with E-state index in [9.17, 15) is 4.79 Å². The SMILES string of the molecule is CC(C)NC(=O)c1ccn(COc2ccc(Br)cc2Cl)n1. The number of amides is 1. The van der Waals surface area contributed by atoms with Crippen LogP contribution in [0.25, 0.3) is 0 Å². The van der Waals surface area contributed by atoms with E-state index >= 15 is 0 Å². The van der Waals surface area contributed by atoms with Crippen molar-refractivity contribution in [3.8, 4) is 5.75 Å². The second-order valence-electron chi connectivity index (χ2n) is 4.72. The van der Waals surface area contributed by atoms with Crippen molar-refractivity contribution < 1.29 is 9.53 Å². The minimum absolute atomic E-state index is 0.0699. The van der Waals surface area contributed by atoms with Crippen LogP contribution in [-0.2, 0) is 6.73 Å². The van der Waals surface area contributed by atoms with E-state index in [0.29, 0.717) is 16.5 Å². The number of hydrogen-bond acceptors (Lipinski definition) is 3. The third-order valence-corrected chi connectivity index (χ3v) is 3.33. The summed E-state index contributed by atoms with van der Waals surface area (Å²) in [6.45, 7) is 3.97. The number of benzene rings is 1. The molecule has 21 heavy (non-hydrogen) atoms. The van der Waals surface area contributed by atoms with Gasteiger partial charge in [0.2, 0.25) is 0 Å². The molecule has 112 valence electrons. The maximum absolute atomic E-state index is 11.8. The second-order valence-corrected chi connectivity index (χ2v) is 6.04. The number of aromatic nitrogens is 2. The Labute approximate surface area is 136 Å². The van der Waals surface area contributed by atoms with Crippen molar-refractivity contribution in [2.45, 2.75) is 26.6 Å². The first-order valence-corrected chi connectivity index (χ1v) is 7.55. The van der Waals surface area contributed by atoms with Crippen LogP contribution in [0.4, 0.5) is 0 Å². The fourth-order valence-electron chi connectivity index (χ4n) is 1.62. The maximum Gasteiger partial charge on any atom is 0.271 e. The molecule has 0 radical (unpaired) electrons. The van der Waals surface area contributed by atoms with Gasteiger partial charge in [0.15, 0.2) is 6.73 Å². The zero-order valence-electron chi connectivity index (χ0n) is 11.6. The molecule has 1 aromatic heterocycles. The Morgan fingerprint density at radius 3 is 2.90 bits per heavy atom. The van der Waals surface area contributed by atoms with Gasteiger partial charge in [0.25, 0.3) is 5.91 Å². The van der Waals surface area contributed by atoms with Crippen molar-refractivity contribution in [1.82, 2.24) is 15.1 Å². The third-order valence-electron chi connectivity index (χ3n) is 2.54. The first-order valence-electron chi connectivity index (χ1n) is 6.38. The van der Waals surface area contributed by atoms with E-state index in [-0.39, 0.29) is 18.7 Å². The Hall–Kier alpha value is -1.53. The molecule has 2 rings (SSSR count). The van der Waals surface area contributed by atoms with Gasteiger partial charge in [-0.15, -0.1) is 0 Å². The second kappa shape index (κ2) is 6.95. The summed E-state index contributed by atoms with van der Waals surface area (Å²) < 4.78 is 7.98. The summed E-state index contributed by atoms with van der Waals surface area (Å²) in [5.41, 5.74) is 0.356. The lowest BCUT2D eigenvalue weighted by atomic mass is 10.3. The number of halogens is 2. The summed E-state index contributed by atoms with van der Waals surface area (Å²) >= 11 is 9.39. The van der Waals surface area contributed by atoms with E-state index in [4.69, 9.17) is 16.3 Å². The average Bonchev–Trinajstić information content (AvgIpc) is 2.86. The molecular weight excluding hydrogens is 358 g/mol. The van der Waals surface area contributed by atoms with Crippen LogP contribution >= 0.6 is 27.5 Å². The number of carbonyl (C=O) groups is 1. The first-order chi connectivity index (χ1) is 9.95. The summed E-state index contributed by atoms with van der Waals surface area (Å²) in [7, 11) is 0. The number of nitrogens with zero attached hydrogens (tertiary/aromatic N) is 2. The number of rotatable bonds is 5. The number of carbonyl (C=O) groups excluding carboxylic acids is 1. The topological polar surface area (TPSA) is 56.2 Å². The van der Waals surface area contributed by atoms with Crippen LogP contribution in [0, 0.1) is 0 Å². The van der Waals surface area contributed by atoms with Crippen molar-refractivity contribution >= 4 is 33.4 Å². The number of nitrogens with one attached hydrogen (secondary N) is 1. The van der Waals surface area contributed by atoms with E-state index in [1.807, 2.05) is 19.9 Å². The van der Waals surface area contributed by atoms with Gasteiger partial charge in [0, 0.05) is 16.7 Å². The minimum atomic E-state index is -0.203. The molecule has 0 aliphatic rings. The zero-order chi connectivity index (χ0) is 15.4. The molecule has 0 bridgehead atoms. The lowest BCUT2D eigenvalue weighted by Gasteiger charge is -2.08. The van der Waals surface area contributed by atoms with Gasteiger partial charge < -0.3 is 10.1 Å². The van der Waals surface area contributed by atoms with Gasteiger partial charge in [0.05, 0.1) is 5.02 Å². The molecule has 0 saturated heterocycles. The first kappa shape index (κ1) is 15.9. The van der Waals surface area contributed by atoms with Crippen molar-refractivity contribution in [3.63, 3.8) is 0 Å². The van der Waals surface area contributed by atoms with Crippen LogP contribution in [0.15, 0.2) is 34.9 Å². The van der Waals surface area contributed by atoms with Gasteiger partial charge in [-0.1, -0.05) is 27.5 Å². The van der Waals surface area contributed by atoms with Gasteiger partial charge in [-0.3, -0.25) is 4.79 Å². The summed E-state index contributed by atoms with van der Waals surface area (Å²) in [4.78, 5) is 11.8. The molecule has 0 spiro atoms. The summed E-state index contributed by atoms with van der Waals surface area (Å²) in [6, 6.07) is 7.07. The molecule has 2 aromatic rings. The fourth-order valence-corrected chi connectivity index (χ4v) is 2.35. The Balaban J connectivity index is 1.98. The zero-order valence-corrected chi connectivity index (χ0v) is 14.0. The standard InChI is InChI=1S/C14H15BrClN3O2/c1-9(2)17-14(20)12-5-6-19(18-12)8-21-13-4-3-10(15)7-11(13)16/h3-7,9H,8H2,1-2H3,(H,17,20). The van der Waals surface area contributed by atoms with Crippen LogP contribution < -0.4 is 10.1 Å². The lowest BCUT2D eigenvalue weighted by Crippen LogP contribution is -2.30. The Morgan fingerprint density at radius 2 is 2.24 bits per heavy atom. The fraction of sp³-hybridized carbons (Fsp3) is 0.286. The number of hydrogen-bond donors (Lipinski definition) is 1. The predicted octanol–water partition coefficient (Wildman–Crippen LogP) is 3.47. The molecule has 0 aliphatic heterocycles. The van der Waals surface area contributed by atoms with Crippen molar-refractivity contribution in [1.29, 1.82) is 0 Å². The molecular formula is C14H15BrClN3O2. The largest absolute Gasteiger partial charge is 0.470 e. The van der Waals surface area contributed by atoms with E-state index < -0.39 is 0 Å². The molecule has 1 N–H and O–H groups in total. The molecule has 5 nitrogen and oxygen atoms in total. The van der Waals surface area contributed by atoms with Gasteiger partial charge in [-0.2, -0.15) is 5.10 Å². The molecule has 0 unspecified atom stereocenters. The third kappa shape index (κ3) is 4.47. The van der Waals surface area contributed by atoms with Crippen LogP contribution in [0.5, 0.6) is 5.75 Å². The lowest BCUT2D eigenvalue weighted by molar-refractivity contribution is 0.0936. The molecule has 0 fully saturated rings. The quantitative estimate of drug-likeness (QED) is 0.874. The highest BCUT2D eigenvalue weighted by Gasteiger charge is 2.10. The van der Waals surface area contributed by atoms with Gasteiger partial charge in [0.1, 0.15) is 11.4 Å². The van der Waals surface area contributed by atoms with Crippen molar-refractivity contribution in [2.75, 3.05) is 0 Å². The highest BCUT2D eigenvalue weighted by atomic mass is 79.9. The van der Waals surface area contributed by atoms with E-state index in [2.05, 4.69) is 26.3 Å². The molecule has 0 aliphatic carbocycles. The summed E-state index contributed by atoms with van der Waals surface area (Å²) in [5.74, 6) is 0.356. The van der Waals surface area contributed by atoms with Gasteiger partial charge in [-0.05, 0) is 38.1 Å². The number of ether oxygens (including phenoxy) is 1. The van der Waals surface area contributed by atoms with Gasteiger partial charge >= 0.3 is 0 Å². The molecule has 0 atom stereocenters.